The highest BCUT2D eigenvalue weighted by molar-refractivity contribution is 8.16. The van der Waals surface area contributed by atoms with E-state index in [1.54, 1.807) is 38.1 Å². The largest absolute Gasteiger partial charge is 0.483 e. The predicted octanol–water partition coefficient (Wildman–Crippen LogP) is 5.78. The van der Waals surface area contributed by atoms with Crippen LogP contribution in [0.5, 0.6) is 5.75 Å². The number of nitrogens with zero attached hydrogens (tertiary/aromatic N) is 2. The number of hydrogen-bond acceptors (Lipinski definition) is 7. The van der Waals surface area contributed by atoms with Crippen LogP contribution in [0.15, 0.2) is 70.3 Å². The zero-order chi connectivity index (χ0) is 24.2. The number of hydrogen-bond donors (Lipinski definition) is 1. The summed E-state index contributed by atoms with van der Waals surface area (Å²) in [7, 11) is 0. The maximum Gasteiger partial charge on any atom is 0.338 e. The van der Waals surface area contributed by atoms with Gasteiger partial charge in [0.1, 0.15) is 5.75 Å². The van der Waals surface area contributed by atoms with Crippen molar-refractivity contribution in [2.45, 2.75) is 19.9 Å². The number of aliphatic imine (C=N–C) groups is 1. The maximum atomic E-state index is 12.9. The lowest BCUT2D eigenvalue weighted by Crippen LogP contribution is -2.34. The molecule has 2 aromatic carbocycles. The summed E-state index contributed by atoms with van der Waals surface area (Å²) in [6, 6.07) is 11.6. The summed E-state index contributed by atoms with van der Waals surface area (Å²) in [6.45, 7) is 3.55. The summed E-state index contributed by atoms with van der Waals surface area (Å²) in [5.41, 5.74) is 2.23. The van der Waals surface area contributed by atoms with Gasteiger partial charge in [-0.3, -0.25) is 4.79 Å². The molecule has 7 nitrogen and oxygen atoms in total. The second-order valence-electron chi connectivity index (χ2n) is 7.33. The van der Waals surface area contributed by atoms with Gasteiger partial charge in [-0.15, -0.1) is 0 Å². The number of esters is 1. The molecule has 34 heavy (non-hydrogen) atoms. The van der Waals surface area contributed by atoms with E-state index in [-0.39, 0.29) is 19.1 Å². The van der Waals surface area contributed by atoms with Crippen LogP contribution in [0.1, 0.15) is 25.5 Å². The summed E-state index contributed by atoms with van der Waals surface area (Å²) >= 11 is 13.4. The summed E-state index contributed by atoms with van der Waals surface area (Å²) in [4.78, 5) is 31.9. The molecule has 0 unspecified atom stereocenters. The fourth-order valence-electron chi connectivity index (χ4n) is 3.63. The van der Waals surface area contributed by atoms with Crippen molar-refractivity contribution in [3.05, 3.63) is 81.0 Å². The standard InChI is InChI=1S/C24H21Cl2N3O4S/c1-3-32-23(31)21-14(2)27-24-29(10-11-34-24)22(21)16-6-4-5-7-19(16)33-13-20(30)28-15-8-9-17(25)18(26)12-15/h4-12,22H,3,13H2,1-2H3,(H,28,30)/t22-/m1/s1. The topological polar surface area (TPSA) is 80.2 Å². The lowest BCUT2D eigenvalue weighted by Gasteiger charge is -2.34. The molecule has 0 bridgehead atoms. The first kappa shape index (κ1) is 24.2. The number of fused-ring (bicyclic) bond motifs is 1. The smallest absolute Gasteiger partial charge is 0.338 e. The van der Waals surface area contributed by atoms with Crippen LogP contribution in [0.2, 0.25) is 10.0 Å². The van der Waals surface area contributed by atoms with Gasteiger partial charge in [-0.25, -0.2) is 9.79 Å². The minimum absolute atomic E-state index is 0.243. The summed E-state index contributed by atoms with van der Waals surface area (Å²) < 4.78 is 11.2. The van der Waals surface area contributed by atoms with Crippen LogP contribution in [-0.4, -0.2) is 35.2 Å². The number of thioether (sulfide) groups is 1. The molecule has 2 heterocycles. The normalized spacial score (nSPS) is 16.8. The van der Waals surface area contributed by atoms with E-state index in [0.717, 1.165) is 5.17 Å². The Morgan fingerprint density at radius 3 is 2.74 bits per heavy atom. The van der Waals surface area contributed by atoms with Gasteiger partial charge in [-0.05, 0) is 43.5 Å². The Bertz CT molecular complexity index is 1230. The number of amides is 1. The van der Waals surface area contributed by atoms with E-state index < -0.39 is 12.0 Å². The lowest BCUT2D eigenvalue weighted by molar-refractivity contribution is -0.139. The van der Waals surface area contributed by atoms with Crippen molar-refractivity contribution in [2.24, 2.45) is 4.99 Å². The van der Waals surface area contributed by atoms with Gasteiger partial charge in [-0.2, -0.15) is 0 Å². The Kier molecular flexibility index (Phi) is 7.50. The average molecular weight is 518 g/mol. The molecule has 1 amide bonds. The van der Waals surface area contributed by atoms with E-state index in [4.69, 9.17) is 32.7 Å². The highest BCUT2D eigenvalue weighted by atomic mass is 35.5. The Morgan fingerprint density at radius 1 is 1.18 bits per heavy atom. The predicted molar refractivity (Wildman–Crippen MR) is 135 cm³/mol. The van der Waals surface area contributed by atoms with E-state index in [0.29, 0.717) is 38.3 Å². The SMILES string of the molecule is CCOC(=O)C1=C(C)N=C2SC=CN2[C@@H]1c1ccccc1OCC(=O)Nc1ccc(Cl)c(Cl)c1. The molecule has 1 atom stereocenters. The van der Waals surface area contributed by atoms with E-state index >= 15 is 0 Å². The molecular formula is C24H21Cl2N3O4S. The second-order valence-corrected chi connectivity index (χ2v) is 9.02. The number of allylic oxidation sites excluding steroid dienone is 1. The van der Waals surface area contributed by atoms with Crippen LogP contribution in [0.3, 0.4) is 0 Å². The van der Waals surface area contributed by atoms with Crippen LogP contribution in [0, 0.1) is 0 Å². The number of halogens is 2. The highest BCUT2D eigenvalue weighted by Gasteiger charge is 2.38. The molecule has 0 saturated heterocycles. The number of carbonyl (C=O) groups is 2. The number of benzene rings is 2. The van der Waals surface area contributed by atoms with Crippen LogP contribution < -0.4 is 10.1 Å². The molecule has 2 aliphatic heterocycles. The molecule has 0 aliphatic carbocycles. The maximum absolute atomic E-state index is 12.9. The third kappa shape index (κ3) is 5.09. The fourth-order valence-corrected chi connectivity index (χ4v) is 4.72. The highest BCUT2D eigenvalue weighted by Crippen LogP contribution is 2.43. The van der Waals surface area contributed by atoms with Crippen molar-refractivity contribution >= 4 is 57.7 Å². The molecule has 2 aromatic rings. The number of nitrogens with one attached hydrogen (secondary N) is 1. The molecule has 0 radical (unpaired) electrons. The zero-order valence-corrected chi connectivity index (χ0v) is 20.7. The van der Waals surface area contributed by atoms with Crippen molar-refractivity contribution in [2.75, 3.05) is 18.5 Å². The van der Waals surface area contributed by atoms with Gasteiger partial charge in [0.2, 0.25) is 0 Å². The average Bonchev–Trinajstić information content (AvgIpc) is 3.27. The molecular weight excluding hydrogens is 497 g/mol. The summed E-state index contributed by atoms with van der Waals surface area (Å²) in [5.74, 6) is -0.337. The van der Waals surface area contributed by atoms with Crippen molar-refractivity contribution < 1.29 is 19.1 Å². The van der Waals surface area contributed by atoms with Crippen LogP contribution >= 0.6 is 35.0 Å². The number of amidine groups is 1. The van der Waals surface area contributed by atoms with Gasteiger partial charge < -0.3 is 19.7 Å². The Hall–Kier alpha value is -2.94. The number of carbonyl (C=O) groups excluding carboxylic acids is 2. The fraction of sp³-hybridized carbons (Fsp3) is 0.208. The summed E-state index contributed by atoms with van der Waals surface area (Å²) in [5, 5.41) is 6.13. The van der Waals surface area contributed by atoms with Gasteiger partial charge in [0, 0.05) is 17.5 Å². The molecule has 176 valence electrons. The monoisotopic (exact) mass is 517 g/mol. The van der Waals surface area contributed by atoms with Gasteiger partial charge in [0.05, 0.1) is 34.0 Å². The number of ether oxygens (including phenoxy) is 2. The Morgan fingerprint density at radius 2 is 1.97 bits per heavy atom. The van der Waals surface area contributed by atoms with Crippen LogP contribution in [0.25, 0.3) is 0 Å². The lowest BCUT2D eigenvalue weighted by atomic mass is 9.94. The van der Waals surface area contributed by atoms with Crippen LogP contribution in [-0.2, 0) is 14.3 Å². The van der Waals surface area contributed by atoms with Crippen molar-refractivity contribution in [1.82, 2.24) is 4.90 Å². The number of anilines is 1. The third-order valence-corrected chi connectivity index (χ3v) is 6.60. The molecule has 10 heteroatoms. The molecule has 1 N–H and O–H groups in total. The summed E-state index contributed by atoms with van der Waals surface area (Å²) in [6.07, 6.45) is 1.87. The van der Waals surface area contributed by atoms with Gasteiger partial charge >= 0.3 is 5.97 Å². The van der Waals surface area contributed by atoms with E-state index in [1.165, 1.54) is 11.8 Å². The van der Waals surface area contributed by atoms with Crippen molar-refractivity contribution in [3.8, 4) is 5.75 Å². The molecule has 4 rings (SSSR count). The van der Waals surface area contributed by atoms with Crippen molar-refractivity contribution in [3.63, 3.8) is 0 Å². The third-order valence-electron chi connectivity index (χ3n) is 5.09. The quantitative estimate of drug-likeness (QED) is 0.469. The van der Waals surface area contributed by atoms with Crippen molar-refractivity contribution in [1.29, 1.82) is 0 Å². The first-order chi connectivity index (χ1) is 16.4. The van der Waals surface area contributed by atoms with Gasteiger partial charge in [0.15, 0.2) is 11.8 Å². The molecule has 0 saturated carbocycles. The van der Waals surface area contributed by atoms with E-state index in [1.807, 2.05) is 34.7 Å². The minimum Gasteiger partial charge on any atom is -0.483 e. The van der Waals surface area contributed by atoms with E-state index in [9.17, 15) is 9.59 Å². The second kappa shape index (κ2) is 10.5. The number of rotatable bonds is 7. The first-order valence-electron chi connectivity index (χ1n) is 10.4. The van der Waals surface area contributed by atoms with Gasteiger partial charge in [-0.1, -0.05) is 53.2 Å². The minimum atomic E-state index is -0.507. The van der Waals surface area contributed by atoms with Crippen LogP contribution in [0.4, 0.5) is 5.69 Å². The Labute approximate surface area is 211 Å². The van der Waals surface area contributed by atoms with Gasteiger partial charge in [0.25, 0.3) is 5.91 Å². The molecule has 0 aromatic heterocycles. The molecule has 0 fully saturated rings. The molecule has 0 spiro atoms. The first-order valence-corrected chi connectivity index (χ1v) is 12.1. The Balaban J connectivity index is 1.58. The number of para-hydroxylation sites is 1. The molecule has 2 aliphatic rings. The zero-order valence-electron chi connectivity index (χ0n) is 18.4. The van der Waals surface area contributed by atoms with E-state index in [2.05, 4.69) is 10.3 Å².